The number of carbonyl (C=O) groups is 1. The third-order valence-electron chi connectivity index (χ3n) is 2.69. The molecule has 0 aliphatic heterocycles. The molecule has 0 saturated carbocycles. The number of hydrogen-bond acceptors (Lipinski definition) is 3. The molecule has 0 aliphatic carbocycles. The van der Waals surface area contributed by atoms with Crippen LogP contribution in [0.15, 0.2) is 30.6 Å². The lowest BCUT2D eigenvalue weighted by Crippen LogP contribution is -2.12. The molecule has 0 radical (unpaired) electrons. The van der Waals surface area contributed by atoms with E-state index in [1.165, 1.54) is 6.20 Å². The number of amides is 1. The summed E-state index contributed by atoms with van der Waals surface area (Å²) < 4.78 is 1.57. The second-order valence-corrected chi connectivity index (χ2v) is 4.37. The number of aliphatic hydroxyl groups is 1. The number of hydrogen-bond donors (Lipinski definition) is 2. The summed E-state index contributed by atoms with van der Waals surface area (Å²) in [6.07, 6.45) is 3.14. The largest absolute Gasteiger partial charge is 0.384 e. The van der Waals surface area contributed by atoms with Gasteiger partial charge in [0.2, 0.25) is 0 Å². The quantitative estimate of drug-likeness (QED) is 0.808. The number of rotatable bonds is 2. The molecule has 0 saturated heterocycles. The number of carbonyl (C=O) groups excluding carboxylic acids is 1. The normalized spacial score (nSPS) is 9.75. The Hall–Kier alpha value is -2.58. The molecule has 0 bridgehead atoms. The molecule has 1 aromatic heterocycles. The third kappa shape index (κ3) is 3.25. The van der Waals surface area contributed by atoms with Gasteiger partial charge in [0.1, 0.15) is 6.61 Å². The van der Waals surface area contributed by atoms with E-state index < -0.39 is 0 Å². The molecule has 0 unspecified atom stereocenters. The minimum Gasteiger partial charge on any atom is -0.384 e. The number of nitrogens with zero attached hydrogens (tertiary/aromatic N) is 2. The van der Waals surface area contributed by atoms with E-state index in [2.05, 4.69) is 22.3 Å². The number of aryl methyl sites for hydroxylation is 2. The van der Waals surface area contributed by atoms with Crippen LogP contribution in [0.25, 0.3) is 0 Å². The van der Waals surface area contributed by atoms with Gasteiger partial charge >= 0.3 is 0 Å². The summed E-state index contributed by atoms with van der Waals surface area (Å²) in [5.41, 5.74) is 2.81. The van der Waals surface area contributed by atoms with Crippen molar-refractivity contribution in [1.29, 1.82) is 0 Å². The molecule has 20 heavy (non-hydrogen) atoms. The fourth-order valence-corrected chi connectivity index (χ4v) is 1.74. The zero-order valence-corrected chi connectivity index (χ0v) is 11.3. The van der Waals surface area contributed by atoms with E-state index >= 15 is 0 Å². The molecule has 0 fully saturated rings. The van der Waals surface area contributed by atoms with E-state index in [1.54, 1.807) is 24.0 Å². The first kappa shape index (κ1) is 13.8. The van der Waals surface area contributed by atoms with Gasteiger partial charge in [-0.3, -0.25) is 9.48 Å². The first-order valence-corrected chi connectivity index (χ1v) is 6.10. The molecule has 1 amide bonds. The average Bonchev–Trinajstić information content (AvgIpc) is 2.85. The highest BCUT2D eigenvalue weighted by Crippen LogP contribution is 2.17. The van der Waals surface area contributed by atoms with Crippen LogP contribution in [0, 0.1) is 18.8 Å². The second-order valence-electron chi connectivity index (χ2n) is 4.37. The van der Waals surface area contributed by atoms with Crippen LogP contribution >= 0.6 is 0 Å². The molecule has 2 N–H and O–H groups in total. The summed E-state index contributed by atoms with van der Waals surface area (Å²) in [5.74, 6) is 5.18. The Balaban J connectivity index is 2.26. The lowest BCUT2D eigenvalue weighted by Gasteiger charge is -2.07. The van der Waals surface area contributed by atoms with Crippen molar-refractivity contribution in [2.75, 3.05) is 11.9 Å². The third-order valence-corrected chi connectivity index (χ3v) is 2.69. The lowest BCUT2D eigenvalue weighted by molar-refractivity contribution is 0.102. The van der Waals surface area contributed by atoms with Crippen LogP contribution in [-0.2, 0) is 7.05 Å². The molecule has 0 aliphatic rings. The summed E-state index contributed by atoms with van der Waals surface area (Å²) in [4.78, 5) is 12.1. The Bertz CT molecular complexity index is 693. The smallest absolute Gasteiger partial charge is 0.258 e. The summed E-state index contributed by atoms with van der Waals surface area (Å²) in [6.45, 7) is 1.72. The van der Waals surface area contributed by atoms with Crippen molar-refractivity contribution in [3.63, 3.8) is 0 Å². The molecule has 2 aromatic rings. The number of benzene rings is 1. The number of aliphatic hydroxyl groups excluding tert-OH is 1. The molecule has 5 nitrogen and oxygen atoms in total. The highest BCUT2D eigenvalue weighted by atomic mass is 16.2. The summed E-state index contributed by atoms with van der Waals surface area (Å²) in [5, 5.41) is 15.5. The first-order valence-electron chi connectivity index (χ1n) is 6.10. The number of nitrogens with one attached hydrogen (secondary N) is 1. The van der Waals surface area contributed by atoms with Crippen LogP contribution in [0.2, 0.25) is 0 Å². The Kier molecular flexibility index (Phi) is 4.18. The van der Waals surface area contributed by atoms with E-state index in [9.17, 15) is 4.79 Å². The minimum absolute atomic E-state index is 0.218. The van der Waals surface area contributed by atoms with Gasteiger partial charge in [-0.25, -0.2) is 0 Å². The fourth-order valence-electron chi connectivity index (χ4n) is 1.74. The van der Waals surface area contributed by atoms with Crippen molar-refractivity contribution in [2.24, 2.45) is 7.05 Å². The van der Waals surface area contributed by atoms with Crippen LogP contribution in [0.5, 0.6) is 0 Å². The van der Waals surface area contributed by atoms with Crippen LogP contribution in [0.3, 0.4) is 0 Å². The summed E-state index contributed by atoms with van der Waals surface area (Å²) in [7, 11) is 1.75. The standard InChI is InChI=1S/C15H15N3O2/c1-11-5-6-14(12(8-11)4-3-7-19)17-15(20)13-9-16-18(2)10-13/h5-6,8-10,19H,7H2,1-2H3,(H,17,20). The van der Waals surface area contributed by atoms with Crippen LogP contribution in [-0.4, -0.2) is 27.4 Å². The molecule has 1 heterocycles. The van der Waals surface area contributed by atoms with Gasteiger partial charge in [0.15, 0.2) is 0 Å². The van der Waals surface area contributed by atoms with Crippen molar-refractivity contribution >= 4 is 11.6 Å². The number of anilines is 1. The van der Waals surface area contributed by atoms with Crippen molar-refractivity contribution in [1.82, 2.24) is 9.78 Å². The zero-order valence-electron chi connectivity index (χ0n) is 11.3. The maximum atomic E-state index is 12.1. The summed E-state index contributed by atoms with van der Waals surface area (Å²) >= 11 is 0. The Labute approximate surface area is 117 Å². The van der Waals surface area contributed by atoms with Gasteiger partial charge in [-0.2, -0.15) is 5.10 Å². The molecule has 102 valence electrons. The van der Waals surface area contributed by atoms with Crippen molar-refractivity contribution in [3.8, 4) is 11.8 Å². The predicted octanol–water partition coefficient (Wildman–Crippen LogP) is 1.32. The Morgan fingerprint density at radius 1 is 1.50 bits per heavy atom. The molecule has 1 aromatic carbocycles. The molecule has 5 heteroatoms. The highest BCUT2D eigenvalue weighted by molar-refractivity contribution is 6.04. The Morgan fingerprint density at radius 3 is 2.95 bits per heavy atom. The average molecular weight is 269 g/mol. The van der Waals surface area contributed by atoms with Gasteiger partial charge in [0.05, 0.1) is 17.4 Å². The molecule has 2 rings (SSSR count). The van der Waals surface area contributed by atoms with E-state index in [0.717, 1.165) is 5.56 Å². The van der Waals surface area contributed by atoms with Gasteiger partial charge in [-0.1, -0.05) is 17.9 Å². The molecular weight excluding hydrogens is 254 g/mol. The molecule has 0 atom stereocenters. The van der Waals surface area contributed by atoms with Crippen LogP contribution in [0.1, 0.15) is 21.5 Å². The van der Waals surface area contributed by atoms with E-state index in [-0.39, 0.29) is 12.5 Å². The fraction of sp³-hybridized carbons (Fsp3) is 0.200. The Morgan fingerprint density at radius 2 is 2.30 bits per heavy atom. The van der Waals surface area contributed by atoms with Gasteiger partial charge in [-0.05, 0) is 24.6 Å². The summed E-state index contributed by atoms with van der Waals surface area (Å²) in [6, 6.07) is 5.55. The first-order chi connectivity index (χ1) is 9.60. The van der Waals surface area contributed by atoms with E-state index in [1.807, 2.05) is 19.1 Å². The van der Waals surface area contributed by atoms with Crippen LogP contribution in [0.4, 0.5) is 5.69 Å². The van der Waals surface area contributed by atoms with Crippen molar-refractivity contribution in [3.05, 3.63) is 47.3 Å². The topological polar surface area (TPSA) is 67.2 Å². The van der Waals surface area contributed by atoms with Crippen molar-refractivity contribution in [2.45, 2.75) is 6.92 Å². The maximum Gasteiger partial charge on any atom is 0.258 e. The zero-order chi connectivity index (χ0) is 14.5. The predicted molar refractivity (Wildman–Crippen MR) is 76.3 cm³/mol. The molecule has 0 spiro atoms. The van der Waals surface area contributed by atoms with Gasteiger partial charge in [0, 0.05) is 18.8 Å². The van der Waals surface area contributed by atoms with Crippen LogP contribution < -0.4 is 5.32 Å². The van der Waals surface area contributed by atoms with E-state index in [4.69, 9.17) is 5.11 Å². The van der Waals surface area contributed by atoms with Gasteiger partial charge in [0.25, 0.3) is 5.91 Å². The number of aromatic nitrogens is 2. The van der Waals surface area contributed by atoms with Gasteiger partial charge < -0.3 is 10.4 Å². The highest BCUT2D eigenvalue weighted by Gasteiger charge is 2.10. The van der Waals surface area contributed by atoms with Crippen molar-refractivity contribution < 1.29 is 9.90 Å². The maximum absolute atomic E-state index is 12.1. The monoisotopic (exact) mass is 269 g/mol. The lowest BCUT2D eigenvalue weighted by atomic mass is 10.1. The second kappa shape index (κ2) is 6.04. The van der Waals surface area contributed by atoms with E-state index in [0.29, 0.717) is 16.8 Å². The minimum atomic E-state index is -0.242. The SMILES string of the molecule is Cc1ccc(NC(=O)c2cnn(C)c2)c(C#CCO)c1. The van der Waals surface area contributed by atoms with Gasteiger partial charge in [-0.15, -0.1) is 0 Å². The molecular formula is C15H15N3O2.